The molecular weight excluding hydrogens is 295 g/mol. The van der Waals surface area contributed by atoms with E-state index in [0.29, 0.717) is 0 Å². The molecule has 1 saturated heterocycles. The van der Waals surface area contributed by atoms with Crippen LogP contribution in [0.15, 0.2) is 24.3 Å². The molecule has 1 aliphatic rings. The topological polar surface area (TPSA) is 32.7 Å². The molecule has 0 saturated carbocycles. The second-order valence-electron chi connectivity index (χ2n) is 5.83. The summed E-state index contributed by atoms with van der Waals surface area (Å²) in [5.74, 6) is 0.811. The summed E-state index contributed by atoms with van der Waals surface area (Å²) in [6.07, 6.45) is -3.28. The van der Waals surface area contributed by atoms with Crippen molar-refractivity contribution in [3.05, 3.63) is 29.8 Å². The maximum atomic E-state index is 12.7. The van der Waals surface area contributed by atoms with Crippen LogP contribution < -0.4 is 4.74 Å². The fourth-order valence-electron chi connectivity index (χ4n) is 2.76. The molecule has 1 aromatic rings. The zero-order valence-electron chi connectivity index (χ0n) is 12.7. The molecule has 124 valence electrons. The average Bonchev–Trinajstić information content (AvgIpc) is 2.48. The molecule has 0 radical (unpaired) electrons. The predicted molar refractivity (Wildman–Crippen MR) is 78.0 cm³/mol. The summed E-state index contributed by atoms with van der Waals surface area (Å²) in [7, 11) is 1.62. The van der Waals surface area contributed by atoms with Crippen molar-refractivity contribution < 1.29 is 23.0 Å². The Labute approximate surface area is 128 Å². The maximum absolute atomic E-state index is 12.7. The minimum absolute atomic E-state index is 0.240. The third kappa shape index (κ3) is 4.14. The molecule has 0 aliphatic carbocycles. The number of aryl methyl sites for hydroxylation is 1. The van der Waals surface area contributed by atoms with Gasteiger partial charge >= 0.3 is 6.18 Å². The zero-order valence-corrected chi connectivity index (χ0v) is 12.7. The van der Waals surface area contributed by atoms with Crippen LogP contribution >= 0.6 is 0 Å². The lowest BCUT2D eigenvalue weighted by Crippen LogP contribution is -2.53. The monoisotopic (exact) mass is 317 g/mol. The van der Waals surface area contributed by atoms with Gasteiger partial charge in [-0.1, -0.05) is 12.1 Å². The maximum Gasteiger partial charge on any atom is 0.417 e. The van der Waals surface area contributed by atoms with Gasteiger partial charge in [0, 0.05) is 13.1 Å². The number of halogens is 3. The first-order valence-corrected chi connectivity index (χ1v) is 7.48. The average molecular weight is 317 g/mol. The summed E-state index contributed by atoms with van der Waals surface area (Å²) in [6, 6.07) is 7.80. The van der Waals surface area contributed by atoms with E-state index < -0.39 is 11.8 Å². The highest BCUT2D eigenvalue weighted by molar-refractivity contribution is 5.28. The van der Waals surface area contributed by atoms with Crippen molar-refractivity contribution in [2.75, 3.05) is 26.7 Å². The summed E-state index contributed by atoms with van der Waals surface area (Å²) in [5.41, 5.74) is -1.35. The molecule has 6 heteroatoms. The van der Waals surface area contributed by atoms with Gasteiger partial charge in [-0.3, -0.25) is 0 Å². The molecule has 1 N–H and O–H groups in total. The highest BCUT2D eigenvalue weighted by Crippen LogP contribution is 2.38. The first-order chi connectivity index (χ1) is 10.3. The molecule has 3 nitrogen and oxygen atoms in total. The summed E-state index contributed by atoms with van der Waals surface area (Å²) < 4.78 is 43.3. The van der Waals surface area contributed by atoms with Gasteiger partial charge in [-0.25, -0.2) is 0 Å². The van der Waals surface area contributed by atoms with E-state index in [9.17, 15) is 18.3 Å². The highest BCUT2D eigenvalue weighted by Gasteiger charge is 2.54. The Morgan fingerprint density at radius 1 is 1.27 bits per heavy atom. The van der Waals surface area contributed by atoms with Gasteiger partial charge in [0.05, 0.1) is 7.11 Å². The van der Waals surface area contributed by atoms with Gasteiger partial charge in [-0.05, 0) is 49.9 Å². The van der Waals surface area contributed by atoms with Gasteiger partial charge in [0.1, 0.15) is 5.75 Å². The lowest BCUT2D eigenvalue weighted by atomic mass is 9.90. The van der Waals surface area contributed by atoms with Crippen LogP contribution in [0.2, 0.25) is 0 Å². The number of alkyl halides is 3. The first-order valence-electron chi connectivity index (χ1n) is 7.48. The minimum Gasteiger partial charge on any atom is -0.497 e. The quantitative estimate of drug-likeness (QED) is 0.906. The Hall–Kier alpha value is -1.27. The number of piperidine rings is 1. The van der Waals surface area contributed by atoms with E-state index in [1.807, 2.05) is 29.2 Å². The SMILES string of the molecule is COc1cccc(CCCN2CCC(O)(C(F)(F)F)CC2)c1. The second kappa shape index (κ2) is 6.87. The number of methoxy groups -OCH3 is 1. The van der Waals surface area contributed by atoms with Crippen LogP contribution in [0.25, 0.3) is 0 Å². The number of hydrogen-bond acceptors (Lipinski definition) is 3. The molecule has 1 aromatic carbocycles. The van der Waals surface area contributed by atoms with Crippen LogP contribution in [-0.2, 0) is 6.42 Å². The molecule has 0 spiro atoms. The van der Waals surface area contributed by atoms with E-state index >= 15 is 0 Å². The third-order valence-electron chi connectivity index (χ3n) is 4.28. The number of ether oxygens (including phenoxy) is 1. The Kier molecular flexibility index (Phi) is 5.34. The largest absolute Gasteiger partial charge is 0.497 e. The molecule has 1 aliphatic heterocycles. The van der Waals surface area contributed by atoms with E-state index in [2.05, 4.69) is 0 Å². The number of rotatable bonds is 5. The molecule has 0 aromatic heterocycles. The molecule has 22 heavy (non-hydrogen) atoms. The fraction of sp³-hybridized carbons (Fsp3) is 0.625. The number of aliphatic hydroxyl groups is 1. The Morgan fingerprint density at radius 2 is 1.95 bits per heavy atom. The third-order valence-corrected chi connectivity index (χ3v) is 4.28. The molecule has 0 unspecified atom stereocenters. The van der Waals surface area contributed by atoms with Crippen molar-refractivity contribution in [2.24, 2.45) is 0 Å². The number of nitrogens with zero attached hydrogens (tertiary/aromatic N) is 1. The second-order valence-corrected chi connectivity index (χ2v) is 5.83. The van der Waals surface area contributed by atoms with Gasteiger partial charge in [0.15, 0.2) is 5.60 Å². The first kappa shape index (κ1) is 17.1. The number of benzene rings is 1. The van der Waals surface area contributed by atoms with Crippen LogP contribution in [-0.4, -0.2) is 48.5 Å². The van der Waals surface area contributed by atoms with E-state index in [1.165, 1.54) is 0 Å². The van der Waals surface area contributed by atoms with Gasteiger partial charge in [-0.2, -0.15) is 13.2 Å². The van der Waals surface area contributed by atoms with E-state index in [-0.39, 0.29) is 25.9 Å². The van der Waals surface area contributed by atoms with E-state index in [4.69, 9.17) is 4.74 Å². The van der Waals surface area contributed by atoms with Crippen molar-refractivity contribution in [2.45, 2.75) is 37.5 Å². The molecule has 0 atom stereocenters. The van der Waals surface area contributed by atoms with Crippen molar-refractivity contribution in [1.82, 2.24) is 4.90 Å². The lowest BCUT2D eigenvalue weighted by Gasteiger charge is -2.39. The standard InChI is InChI=1S/C16H22F3NO2/c1-22-14-6-2-4-13(12-14)5-3-9-20-10-7-15(21,8-11-20)16(17,18)19/h2,4,6,12,21H,3,5,7-11H2,1H3. The van der Waals surface area contributed by atoms with Crippen LogP contribution in [0, 0.1) is 0 Å². The molecule has 0 amide bonds. The van der Waals surface area contributed by atoms with Crippen LogP contribution in [0.1, 0.15) is 24.8 Å². The normalized spacial score (nSPS) is 19.1. The van der Waals surface area contributed by atoms with Crippen molar-refractivity contribution in [3.8, 4) is 5.75 Å². The number of hydrogen-bond donors (Lipinski definition) is 1. The predicted octanol–water partition coefficient (Wildman–Crippen LogP) is 3.02. The molecule has 1 heterocycles. The van der Waals surface area contributed by atoms with E-state index in [0.717, 1.165) is 30.7 Å². The summed E-state index contributed by atoms with van der Waals surface area (Å²) in [6.45, 7) is 1.31. The molecule has 0 bridgehead atoms. The van der Waals surface area contributed by atoms with Crippen molar-refractivity contribution in [1.29, 1.82) is 0 Å². The van der Waals surface area contributed by atoms with Gasteiger partial charge in [0.2, 0.25) is 0 Å². The van der Waals surface area contributed by atoms with Gasteiger partial charge in [0.25, 0.3) is 0 Å². The van der Waals surface area contributed by atoms with Crippen LogP contribution in [0.4, 0.5) is 13.2 Å². The Morgan fingerprint density at radius 3 is 2.55 bits per heavy atom. The molecule has 2 rings (SSSR count). The molecular formula is C16H22F3NO2. The summed E-state index contributed by atoms with van der Waals surface area (Å²) in [4.78, 5) is 1.99. The highest BCUT2D eigenvalue weighted by atomic mass is 19.4. The van der Waals surface area contributed by atoms with Gasteiger partial charge < -0.3 is 14.7 Å². The van der Waals surface area contributed by atoms with Crippen LogP contribution in [0.5, 0.6) is 5.75 Å². The summed E-state index contributed by atoms with van der Waals surface area (Å²) >= 11 is 0. The Bertz CT molecular complexity index is 483. The lowest BCUT2D eigenvalue weighted by molar-refractivity contribution is -0.272. The summed E-state index contributed by atoms with van der Waals surface area (Å²) in [5, 5.41) is 9.62. The smallest absolute Gasteiger partial charge is 0.417 e. The zero-order chi connectivity index (χ0) is 16.2. The van der Waals surface area contributed by atoms with Crippen molar-refractivity contribution in [3.63, 3.8) is 0 Å². The van der Waals surface area contributed by atoms with Crippen molar-refractivity contribution >= 4 is 0 Å². The Balaban J connectivity index is 1.75. The fourth-order valence-corrected chi connectivity index (χ4v) is 2.76. The number of likely N-dealkylation sites (tertiary alicyclic amines) is 1. The molecule has 1 fully saturated rings. The van der Waals surface area contributed by atoms with E-state index in [1.54, 1.807) is 7.11 Å². The minimum atomic E-state index is -4.53. The van der Waals surface area contributed by atoms with Gasteiger partial charge in [-0.15, -0.1) is 0 Å². The van der Waals surface area contributed by atoms with Crippen LogP contribution in [0.3, 0.4) is 0 Å².